The zero-order chi connectivity index (χ0) is 19.5. The number of nitrogens with zero attached hydrogens (tertiary/aromatic N) is 2. The highest BCUT2D eigenvalue weighted by molar-refractivity contribution is 5.72. The summed E-state index contributed by atoms with van der Waals surface area (Å²) in [5.74, 6) is 2.62. The Labute approximate surface area is 168 Å². The Morgan fingerprint density at radius 3 is 2.86 bits per heavy atom. The first-order valence-electron chi connectivity index (χ1n) is 10.8. The minimum atomic E-state index is -0.277. The summed E-state index contributed by atoms with van der Waals surface area (Å²) in [7, 11) is 0. The van der Waals surface area contributed by atoms with Crippen molar-refractivity contribution in [3.63, 3.8) is 0 Å². The van der Waals surface area contributed by atoms with Crippen molar-refractivity contribution >= 4 is 5.57 Å². The average molecular weight is 375 g/mol. The molecule has 2 fully saturated rings. The van der Waals surface area contributed by atoms with E-state index in [1.54, 1.807) is 0 Å². The molecule has 1 aromatic heterocycles. The van der Waals surface area contributed by atoms with E-state index < -0.39 is 0 Å². The fourth-order valence-corrected chi connectivity index (χ4v) is 7.35. The monoisotopic (exact) mass is 374 g/mol. The summed E-state index contributed by atoms with van der Waals surface area (Å²) in [4.78, 5) is 15.5. The Morgan fingerprint density at radius 2 is 2.11 bits per heavy atom. The van der Waals surface area contributed by atoms with Gasteiger partial charge in [-0.25, -0.2) is 0 Å². The molecule has 2 saturated carbocycles. The lowest BCUT2D eigenvalue weighted by Gasteiger charge is -2.58. The van der Waals surface area contributed by atoms with E-state index in [0.717, 1.165) is 5.92 Å². The molecule has 3 nitrogen and oxygen atoms in total. The summed E-state index contributed by atoms with van der Waals surface area (Å²) < 4.78 is 0. The molecular weight excluding hydrogens is 344 g/mol. The van der Waals surface area contributed by atoms with Crippen LogP contribution in [0.15, 0.2) is 59.6 Å². The molecule has 0 aliphatic heterocycles. The molecule has 1 aromatic rings. The Balaban J connectivity index is 1.50. The van der Waals surface area contributed by atoms with Crippen LogP contribution in [0.1, 0.15) is 52.0 Å². The largest absolute Gasteiger partial charge is 0.264 e. The molecule has 0 radical (unpaired) electrons. The van der Waals surface area contributed by atoms with Crippen molar-refractivity contribution in [1.82, 2.24) is 4.98 Å². The van der Waals surface area contributed by atoms with Gasteiger partial charge in [-0.15, -0.1) is 4.91 Å². The maximum Gasteiger partial charge on any atom is 0.128 e. The molecular formula is C25H30N2O. The second kappa shape index (κ2) is 6.23. The highest BCUT2D eigenvalue weighted by atomic mass is 16.3. The number of rotatable bonds is 2. The normalized spacial score (nSPS) is 44.0. The van der Waals surface area contributed by atoms with Crippen LogP contribution in [-0.4, -0.2) is 11.0 Å². The van der Waals surface area contributed by atoms with Crippen LogP contribution in [0.2, 0.25) is 0 Å². The first kappa shape index (κ1) is 18.0. The zero-order valence-corrected chi connectivity index (χ0v) is 17.1. The second-order valence-corrected chi connectivity index (χ2v) is 9.92. The topological polar surface area (TPSA) is 42.3 Å². The lowest BCUT2D eigenvalue weighted by atomic mass is 9.46. The van der Waals surface area contributed by atoms with E-state index in [-0.39, 0.29) is 16.9 Å². The predicted molar refractivity (Wildman–Crippen MR) is 113 cm³/mol. The van der Waals surface area contributed by atoms with Crippen LogP contribution in [-0.2, 0) is 0 Å². The summed E-state index contributed by atoms with van der Waals surface area (Å²) in [6, 6.07) is 4.01. The molecule has 0 amide bonds. The smallest absolute Gasteiger partial charge is 0.128 e. The molecule has 7 atom stereocenters. The number of aromatic nitrogens is 1. The van der Waals surface area contributed by atoms with E-state index in [1.807, 2.05) is 18.5 Å². The lowest BCUT2D eigenvalue weighted by molar-refractivity contribution is -0.0113. The van der Waals surface area contributed by atoms with Crippen molar-refractivity contribution in [1.29, 1.82) is 0 Å². The third-order valence-electron chi connectivity index (χ3n) is 8.65. The number of pyridine rings is 1. The maximum absolute atomic E-state index is 11.1. The summed E-state index contributed by atoms with van der Waals surface area (Å²) >= 11 is 0. The van der Waals surface area contributed by atoms with Crippen molar-refractivity contribution in [2.75, 3.05) is 0 Å². The van der Waals surface area contributed by atoms with Crippen LogP contribution >= 0.6 is 0 Å². The number of fused-ring (bicyclic) bond motifs is 5. The molecule has 0 saturated heterocycles. The van der Waals surface area contributed by atoms with Crippen LogP contribution < -0.4 is 0 Å². The minimum Gasteiger partial charge on any atom is -0.264 e. The van der Waals surface area contributed by atoms with Gasteiger partial charge in [0.1, 0.15) is 6.04 Å². The quantitative estimate of drug-likeness (QED) is 0.457. The molecule has 28 heavy (non-hydrogen) atoms. The van der Waals surface area contributed by atoms with E-state index in [9.17, 15) is 4.91 Å². The minimum absolute atomic E-state index is 0.0852. The van der Waals surface area contributed by atoms with Crippen molar-refractivity contribution in [3.05, 3.63) is 64.9 Å². The molecule has 1 heterocycles. The fraction of sp³-hybridized carbons (Fsp3) is 0.560. The summed E-state index contributed by atoms with van der Waals surface area (Å²) in [6.45, 7) is 7.27. The number of allylic oxidation sites excluding steroid dienone is 4. The average Bonchev–Trinajstić information content (AvgIpc) is 3.06. The first-order chi connectivity index (χ1) is 13.5. The summed E-state index contributed by atoms with van der Waals surface area (Å²) in [5, 5.41) is 3.29. The van der Waals surface area contributed by atoms with Gasteiger partial charge in [-0.1, -0.05) is 61.9 Å². The first-order valence-corrected chi connectivity index (χ1v) is 10.8. The summed E-state index contributed by atoms with van der Waals surface area (Å²) in [6.07, 6.45) is 17.8. The lowest BCUT2D eigenvalue weighted by Crippen LogP contribution is -2.50. The van der Waals surface area contributed by atoms with Gasteiger partial charge in [-0.05, 0) is 72.0 Å². The molecule has 0 bridgehead atoms. The van der Waals surface area contributed by atoms with Gasteiger partial charge in [0.2, 0.25) is 0 Å². The van der Waals surface area contributed by atoms with E-state index in [0.29, 0.717) is 17.8 Å². The fourth-order valence-electron chi connectivity index (χ4n) is 7.35. The van der Waals surface area contributed by atoms with Crippen molar-refractivity contribution in [2.45, 2.75) is 52.5 Å². The van der Waals surface area contributed by atoms with E-state index in [4.69, 9.17) is 0 Å². The molecule has 0 spiro atoms. The molecule has 0 aromatic carbocycles. The maximum atomic E-state index is 11.1. The highest BCUT2D eigenvalue weighted by Gasteiger charge is 2.57. The highest BCUT2D eigenvalue weighted by Crippen LogP contribution is 2.66. The van der Waals surface area contributed by atoms with Gasteiger partial charge < -0.3 is 0 Å². The molecule has 5 rings (SSSR count). The van der Waals surface area contributed by atoms with E-state index >= 15 is 0 Å². The molecule has 0 N–H and O–H groups in total. The van der Waals surface area contributed by atoms with Gasteiger partial charge in [0.05, 0.1) is 0 Å². The van der Waals surface area contributed by atoms with Crippen LogP contribution in [0, 0.1) is 39.4 Å². The summed E-state index contributed by atoms with van der Waals surface area (Å²) in [5.41, 5.74) is 4.63. The van der Waals surface area contributed by atoms with Crippen LogP contribution in [0.3, 0.4) is 0 Å². The second-order valence-electron chi connectivity index (χ2n) is 9.92. The Morgan fingerprint density at radius 1 is 1.25 bits per heavy atom. The van der Waals surface area contributed by atoms with E-state index in [1.165, 1.54) is 42.4 Å². The van der Waals surface area contributed by atoms with Gasteiger partial charge in [-0.3, -0.25) is 4.98 Å². The standard InChI is InChI=1S/C25H30N2O/c1-16-13-19-21-7-6-20(17-5-4-12-26-15-17)24(21,2)11-9-22(19)25(3)10-8-18(27-28)14-23(16)25/h4-6,8,10,12,14-16,18-19,21-22H,7,9,11,13H2,1-3H3. The SMILES string of the molecule is CC1CC2C(CCC3(C)C(c4cccnc4)=CCC23)C2(C)C=CC(N=O)C=C12. The third kappa shape index (κ3) is 2.38. The Kier molecular flexibility index (Phi) is 4.01. The van der Waals surface area contributed by atoms with Crippen molar-refractivity contribution in [2.24, 2.45) is 39.7 Å². The molecule has 7 unspecified atom stereocenters. The molecule has 146 valence electrons. The molecule has 3 heteroatoms. The van der Waals surface area contributed by atoms with Crippen molar-refractivity contribution in [3.8, 4) is 0 Å². The molecule has 4 aliphatic carbocycles. The van der Waals surface area contributed by atoms with Gasteiger partial charge in [-0.2, -0.15) is 0 Å². The molecule has 4 aliphatic rings. The van der Waals surface area contributed by atoms with Gasteiger partial charge in [0, 0.05) is 17.8 Å². The van der Waals surface area contributed by atoms with Crippen LogP contribution in [0.5, 0.6) is 0 Å². The third-order valence-corrected chi connectivity index (χ3v) is 8.65. The van der Waals surface area contributed by atoms with Crippen LogP contribution in [0.4, 0.5) is 0 Å². The van der Waals surface area contributed by atoms with Crippen LogP contribution in [0.25, 0.3) is 5.57 Å². The Bertz CT molecular complexity index is 885. The van der Waals surface area contributed by atoms with Crippen molar-refractivity contribution < 1.29 is 0 Å². The zero-order valence-electron chi connectivity index (χ0n) is 17.1. The van der Waals surface area contributed by atoms with Gasteiger partial charge in [0.25, 0.3) is 0 Å². The Hall–Kier alpha value is -2.03. The number of hydrogen-bond donors (Lipinski definition) is 0. The van der Waals surface area contributed by atoms with E-state index in [2.05, 4.69) is 61.3 Å². The van der Waals surface area contributed by atoms with Gasteiger partial charge >= 0.3 is 0 Å². The number of nitroso groups, excluding NO2 is 1. The predicted octanol–water partition coefficient (Wildman–Crippen LogP) is 6.19. The van der Waals surface area contributed by atoms with Gasteiger partial charge in [0.15, 0.2) is 0 Å². The number of hydrogen-bond acceptors (Lipinski definition) is 3.